The van der Waals surface area contributed by atoms with E-state index in [0.717, 1.165) is 25.4 Å². The van der Waals surface area contributed by atoms with Crippen LogP contribution >= 0.6 is 0 Å². The summed E-state index contributed by atoms with van der Waals surface area (Å²) < 4.78 is 5.90. The number of hydrogen-bond acceptors (Lipinski definition) is 2. The first kappa shape index (κ1) is 15.0. The number of ether oxygens (including phenoxy) is 1. The molecule has 1 N–H and O–H groups in total. The molecule has 2 nitrogen and oxygen atoms in total. The fourth-order valence-corrected chi connectivity index (χ4v) is 1.74. The van der Waals surface area contributed by atoms with E-state index in [9.17, 15) is 0 Å². The second-order valence-electron chi connectivity index (χ2n) is 5.88. The van der Waals surface area contributed by atoms with Gasteiger partial charge in [0.1, 0.15) is 5.75 Å². The van der Waals surface area contributed by atoms with Crippen LogP contribution in [-0.2, 0) is 0 Å². The van der Waals surface area contributed by atoms with Crippen LogP contribution in [0.5, 0.6) is 5.75 Å². The van der Waals surface area contributed by atoms with Crippen LogP contribution in [0.1, 0.15) is 38.3 Å². The first-order valence-corrected chi connectivity index (χ1v) is 6.85. The molecule has 1 rings (SSSR count). The third kappa shape index (κ3) is 5.09. The zero-order chi connectivity index (χ0) is 13.6. The normalized spacial score (nSPS) is 11.6. The Balaban J connectivity index is 2.45. The highest BCUT2D eigenvalue weighted by Crippen LogP contribution is 2.20. The molecule has 2 heteroatoms. The number of aryl methyl sites for hydroxylation is 2. The van der Waals surface area contributed by atoms with Gasteiger partial charge in [-0.15, -0.1) is 0 Å². The molecule has 102 valence electrons. The maximum atomic E-state index is 5.90. The Kier molecular flexibility index (Phi) is 5.67. The molecule has 18 heavy (non-hydrogen) atoms. The minimum Gasteiger partial charge on any atom is -0.493 e. The maximum absolute atomic E-state index is 5.90. The zero-order valence-electron chi connectivity index (χ0n) is 12.5. The second-order valence-corrected chi connectivity index (χ2v) is 5.88. The average molecular weight is 249 g/mol. The fourth-order valence-electron chi connectivity index (χ4n) is 1.74. The molecule has 0 saturated carbocycles. The smallest absolute Gasteiger partial charge is 0.119 e. The van der Waals surface area contributed by atoms with Gasteiger partial charge in [-0.25, -0.2) is 0 Å². The van der Waals surface area contributed by atoms with Gasteiger partial charge in [0.2, 0.25) is 0 Å². The minimum absolute atomic E-state index is 0.161. The molecule has 1 aromatic rings. The summed E-state index contributed by atoms with van der Waals surface area (Å²) in [5, 5.41) is 3.45. The van der Waals surface area contributed by atoms with E-state index in [0.29, 0.717) is 0 Å². The van der Waals surface area contributed by atoms with Crippen LogP contribution < -0.4 is 10.1 Å². The summed E-state index contributed by atoms with van der Waals surface area (Å²) in [4.78, 5) is 0. The first-order valence-electron chi connectivity index (χ1n) is 6.85. The lowest BCUT2D eigenvalue weighted by atomic mass is 9.95. The van der Waals surface area contributed by atoms with E-state index in [1.165, 1.54) is 17.5 Å². The van der Waals surface area contributed by atoms with Crippen LogP contribution in [0.15, 0.2) is 18.2 Å². The Morgan fingerprint density at radius 2 is 1.89 bits per heavy atom. The molecule has 0 bridgehead atoms. The molecule has 0 saturated heterocycles. The number of rotatable bonds is 7. The highest BCUT2D eigenvalue weighted by atomic mass is 16.5. The molecule has 0 aliphatic rings. The molecular formula is C16H27NO. The highest BCUT2D eigenvalue weighted by molar-refractivity contribution is 5.33. The number of hydrogen-bond donors (Lipinski definition) is 1. The van der Waals surface area contributed by atoms with Crippen molar-refractivity contribution in [1.29, 1.82) is 0 Å². The maximum Gasteiger partial charge on any atom is 0.119 e. The van der Waals surface area contributed by atoms with Gasteiger partial charge in [0.25, 0.3) is 0 Å². The Morgan fingerprint density at radius 3 is 2.50 bits per heavy atom. The highest BCUT2D eigenvalue weighted by Gasteiger charge is 2.18. The van der Waals surface area contributed by atoms with Crippen molar-refractivity contribution < 1.29 is 4.74 Å². The minimum atomic E-state index is 0.161. The second kappa shape index (κ2) is 6.79. The van der Waals surface area contributed by atoms with Crippen molar-refractivity contribution in [3.8, 4) is 5.75 Å². The topological polar surface area (TPSA) is 21.3 Å². The van der Waals surface area contributed by atoms with E-state index in [1.54, 1.807) is 0 Å². The van der Waals surface area contributed by atoms with Gasteiger partial charge in [0, 0.05) is 12.0 Å². The molecule has 0 aromatic heterocycles. The van der Waals surface area contributed by atoms with Gasteiger partial charge in [-0.05, 0) is 50.1 Å². The lowest BCUT2D eigenvalue weighted by molar-refractivity contribution is 0.176. The van der Waals surface area contributed by atoms with Gasteiger partial charge in [0.15, 0.2) is 0 Å². The van der Waals surface area contributed by atoms with Crippen molar-refractivity contribution in [3.05, 3.63) is 29.3 Å². The molecule has 0 radical (unpaired) electrons. The Morgan fingerprint density at radius 1 is 1.17 bits per heavy atom. The number of nitrogens with one attached hydrogen (secondary N) is 1. The first-order chi connectivity index (χ1) is 8.44. The van der Waals surface area contributed by atoms with Crippen molar-refractivity contribution in [2.75, 3.05) is 19.7 Å². The average Bonchev–Trinajstić information content (AvgIpc) is 2.31. The quantitative estimate of drug-likeness (QED) is 0.744. The Labute approximate surface area is 112 Å². The molecule has 0 amide bonds. The van der Waals surface area contributed by atoms with Crippen molar-refractivity contribution in [3.63, 3.8) is 0 Å². The Bertz CT molecular complexity index is 371. The summed E-state index contributed by atoms with van der Waals surface area (Å²) in [5.74, 6) is 0.974. The van der Waals surface area contributed by atoms with Crippen LogP contribution in [0.3, 0.4) is 0 Å². The zero-order valence-corrected chi connectivity index (χ0v) is 12.5. The molecule has 0 heterocycles. The van der Waals surface area contributed by atoms with E-state index < -0.39 is 0 Å². The third-order valence-electron chi connectivity index (χ3n) is 3.14. The van der Waals surface area contributed by atoms with Crippen LogP contribution in [0, 0.1) is 19.3 Å². The van der Waals surface area contributed by atoms with Crippen molar-refractivity contribution >= 4 is 0 Å². The van der Waals surface area contributed by atoms with Gasteiger partial charge >= 0.3 is 0 Å². The van der Waals surface area contributed by atoms with Crippen molar-refractivity contribution in [2.24, 2.45) is 5.41 Å². The van der Waals surface area contributed by atoms with E-state index >= 15 is 0 Å². The van der Waals surface area contributed by atoms with Crippen LogP contribution in [0.2, 0.25) is 0 Å². The van der Waals surface area contributed by atoms with E-state index in [-0.39, 0.29) is 5.41 Å². The summed E-state index contributed by atoms with van der Waals surface area (Å²) in [7, 11) is 0. The van der Waals surface area contributed by atoms with E-state index in [2.05, 4.69) is 58.1 Å². The van der Waals surface area contributed by atoms with Crippen molar-refractivity contribution in [1.82, 2.24) is 5.32 Å². The predicted molar refractivity (Wildman–Crippen MR) is 78.4 cm³/mol. The standard InChI is InChI=1S/C16H27NO/c1-6-9-17-11-16(4,5)12-18-15-8-7-13(2)14(3)10-15/h7-8,10,17H,6,9,11-12H2,1-5H3. The molecular weight excluding hydrogens is 222 g/mol. The largest absolute Gasteiger partial charge is 0.493 e. The molecule has 0 aliphatic carbocycles. The predicted octanol–water partition coefficient (Wildman–Crippen LogP) is 3.71. The summed E-state index contributed by atoms with van der Waals surface area (Å²) >= 11 is 0. The van der Waals surface area contributed by atoms with Gasteiger partial charge in [0.05, 0.1) is 6.61 Å². The summed E-state index contributed by atoms with van der Waals surface area (Å²) in [6, 6.07) is 6.29. The summed E-state index contributed by atoms with van der Waals surface area (Å²) in [5.41, 5.74) is 2.76. The van der Waals surface area contributed by atoms with E-state index in [4.69, 9.17) is 4.74 Å². The molecule has 0 unspecified atom stereocenters. The SMILES string of the molecule is CCCNCC(C)(C)COc1ccc(C)c(C)c1. The molecule has 0 fully saturated rings. The fraction of sp³-hybridized carbons (Fsp3) is 0.625. The van der Waals surface area contributed by atoms with Gasteiger partial charge in [-0.2, -0.15) is 0 Å². The Hall–Kier alpha value is -1.02. The third-order valence-corrected chi connectivity index (χ3v) is 3.14. The number of benzene rings is 1. The van der Waals surface area contributed by atoms with Crippen LogP contribution in [-0.4, -0.2) is 19.7 Å². The summed E-state index contributed by atoms with van der Waals surface area (Å²) in [6.45, 7) is 13.7. The molecule has 0 spiro atoms. The van der Waals surface area contributed by atoms with Crippen LogP contribution in [0.4, 0.5) is 0 Å². The van der Waals surface area contributed by atoms with Gasteiger partial charge in [-0.1, -0.05) is 26.8 Å². The molecule has 1 aromatic carbocycles. The lowest BCUT2D eigenvalue weighted by Crippen LogP contribution is -2.34. The molecule has 0 aliphatic heterocycles. The van der Waals surface area contributed by atoms with Gasteiger partial charge in [-0.3, -0.25) is 0 Å². The van der Waals surface area contributed by atoms with Gasteiger partial charge < -0.3 is 10.1 Å². The van der Waals surface area contributed by atoms with Crippen LogP contribution in [0.25, 0.3) is 0 Å². The monoisotopic (exact) mass is 249 g/mol. The molecule has 0 atom stereocenters. The lowest BCUT2D eigenvalue weighted by Gasteiger charge is -2.25. The van der Waals surface area contributed by atoms with E-state index in [1.807, 2.05) is 0 Å². The van der Waals surface area contributed by atoms with Crippen molar-refractivity contribution in [2.45, 2.75) is 41.0 Å². The summed E-state index contributed by atoms with van der Waals surface area (Å²) in [6.07, 6.45) is 1.17.